The van der Waals surface area contributed by atoms with Crippen LogP contribution in [0.4, 0.5) is 0 Å². The van der Waals surface area contributed by atoms with Crippen molar-refractivity contribution in [2.45, 2.75) is 0 Å². The molecule has 0 aliphatic rings. The van der Waals surface area contributed by atoms with E-state index >= 15 is 0 Å². The third-order valence-electron chi connectivity index (χ3n) is 1.00. The van der Waals surface area contributed by atoms with E-state index in [1.807, 2.05) is 46.6 Å². The summed E-state index contributed by atoms with van der Waals surface area (Å²) in [6.07, 6.45) is 5.17. The van der Waals surface area contributed by atoms with Gasteiger partial charge in [-0.15, -0.1) is 0 Å². The first kappa shape index (κ1) is 6.69. The molecule has 9 heavy (non-hydrogen) atoms. The molecule has 0 heterocycles. The van der Waals surface area contributed by atoms with Gasteiger partial charge in [-0.1, -0.05) is 0 Å². The molecule has 0 amide bonds. The fourth-order valence-electron chi connectivity index (χ4n) is 0.586. The van der Waals surface area contributed by atoms with Crippen molar-refractivity contribution in [2.75, 3.05) is 0 Å². The summed E-state index contributed by atoms with van der Waals surface area (Å²) in [6.45, 7) is 0. The van der Waals surface area contributed by atoms with Crippen molar-refractivity contribution in [1.82, 2.24) is 0 Å². The third-order valence-corrected chi connectivity index (χ3v) is 1.73. The van der Waals surface area contributed by atoms with Crippen molar-refractivity contribution < 1.29 is 0 Å². The second kappa shape index (κ2) is 2.92. The second-order valence-corrected chi connectivity index (χ2v) is 3.02. The number of terminal acetylenes is 1. The van der Waals surface area contributed by atoms with Gasteiger partial charge in [-0.3, -0.25) is 0 Å². The number of hydrogen-bond acceptors (Lipinski definition) is 0. The van der Waals surface area contributed by atoms with Gasteiger partial charge in [0.2, 0.25) is 0 Å². The van der Waals surface area contributed by atoms with Crippen LogP contribution in [0.25, 0.3) is 0 Å². The van der Waals surface area contributed by atoms with Crippen LogP contribution in [0, 0.1) is 12.3 Å². The average molecular weight is 229 g/mol. The first-order valence-electron chi connectivity index (χ1n) is 2.56. The van der Waals surface area contributed by atoms with Crippen molar-refractivity contribution in [1.29, 1.82) is 0 Å². The number of rotatable bonds is 0. The molecule has 1 aromatic rings. The summed E-state index contributed by atoms with van der Waals surface area (Å²) in [4.78, 5) is 0. The average Bonchev–Trinajstić information content (AvgIpc) is 1.88. The summed E-state index contributed by atoms with van der Waals surface area (Å²) in [5, 5.41) is 0. The Kier molecular flexibility index (Phi) is 2.17. The molecule has 0 saturated heterocycles. The van der Waals surface area contributed by atoms with E-state index in [1.54, 1.807) is 0 Å². The second-order valence-electron chi connectivity index (χ2n) is 1.67. The molecule has 0 spiro atoms. The Bertz CT molecular complexity index is 245. The molecule has 1 rings (SSSR count). The predicted molar refractivity (Wildman–Crippen MR) is 39.8 cm³/mol. The van der Waals surface area contributed by atoms with E-state index in [0.29, 0.717) is 0 Å². The molecule has 1 radical (unpaired) electrons. The molecule has 43 valence electrons. The van der Waals surface area contributed by atoms with Crippen LogP contribution in [-0.2, 0) is 0 Å². The predicted octanol–water partition coefficient (Wildman–Crippen LogP) is 0.462. The van der Waals surface area contributed by atoms with Crippen LogP contribution in [0.15, 0.2) is 24.3 Å². The molecule has 0 aliphatic carbocycles. The van der Waals surface area contributed by atoms with E-state index in [4.69, 9.17) is 6.42 Å². The summed E-state index contributed by atoms with van der Waals surface area (Å²) in [5.74, 6) is 2.57. The standard InChI is InChI=1S/C8H5Te/c1-2-7-4-3-5-8(9)6-7/h1,3-6H. The zero-order valence-corrected chi connectivity index (χ0v) is 7.13. The van der Waals surface area contributed by atoms with Crippen molar-refractivity contribution in [3.05, 3.63) is 29.8 Å². The van der Waals surface area contributed by atoms with E-state index < -0.39 is 0 Å². The first-order chi connectivity index (χ1) is 4.33. The maximum atomic E-state index is 5.17. The third kappa shape index (κ3) is 1.75. The minimum atomic E-state index is 0.956. The topological polar surface area (TPSA) is 0 Å². The summed E-state index contributed by atoms with van der Waals surface area (Å²) in [6, 6.07) is 7.91. The quantitative estimate of drug-likeness (QED) is 0.447. The molecule has 0 fully saturated rings. The molecule has 0 saturated carbocycles. The Morgan fingerprint density at radius 3 is 2.67 bits per heavy atom. The van der Waals surface area contributed by atoms with Crippen LogP contribution in [0.3, 0.4) is 0 Å². The molecular formula is C8H5Te. The van der Waals surface area contributed by atoms with E-state index in [9.17, 15) is 0 Å². The molecule has 0 unspecified atom stereocenters. The van der Waals surface area contributed by atoms with E-state index in [2.05, 4.69) is 5.92 Å². The molecular weight excluding hydrogens is 224 g/mol. The van der Waals surface area contributed by atoms with Crippen LogP contribution in [0.2, 0.25) is 0 Å². The fourth-order valence-corrected chi connectivity index (χ4v) is 1.17. The normalized spacial score (nSPS) is 8.33. The van der Waals surface area contributed by atoms with E-state index in [-0.39, 0.29) is 0 Å². The van der Waals surface area contributed by atoms with Gasteiger partial charge in [0.15, 0.2) is 0 Å². The minimum absolute atomic E-state index is 0.956. The molecule has 0 atom stereocenters. The van der Waals surface area contributed by atoms with Gasteiger partial charge in [0.05, 0.1) is 0 Å². The molecule has 1 aromatic carbocycles. The number of hydrogen-bond donors (Lipinski definition) is 0. The van der Waals surface area contributed by atoms with Gasteiger partial charge in [-0.25, -0.2) is 0 Å². The van der Waals surface area contributed by atoms with Gasteiger partial charge >= 0.3 is 68.1 Å². The summed E-state index contributed by atoms with van der Waals surface area (Å²) < 4.78 is 1.22. The van der Waals surface area contributed by atoms with Crippen molar-refractivity contribution >= 4 is 25.9 Å². The van der Waals surface area contributed by atoms with Gasteiger partial charge in [0, 0.05) is 0 Å². The van der Waals surface area contributed by atoms with Crippen molar-refractivity contribution in [3.8, 4) is 12.3 Å². The molecule has 1 heteroatoms. The Labute approximate surface area is 68.2 Å². The molecule has 0 bridgehead atoms. The Morgan fingerprint density at radius 2 is 2.22 bits per heavy atom. The first-order valence-corrected chi connectivity index (χ1v) is 3.73. The molecule has 0 nitrogen and oxygen atoms in total. The Balaban J connectivity index is 3.12. The zero-order valence-electron chi connectivity index (χ0n) is 4.79. The SMILES string of the molecule is C#Cc1cccc([Te])c1. The zero-order chi connectivity index (χ0) is 6.69. The van der Waals surface area contributed by atoms with Gasteiger partial charge in [-0.2, -0.15) is 0 Å². The van der Waals surface area contributed by atoms with Crippen molar-refractivity contribution in [2.24, 2.45) is 0 Å². The molecule has 0 aliphatic heterocycles. The van der Waals surface area contributed by atoms with Crippen LogP contribution >= 0.6 is 0 Å². The number of benzene rings is 1. The van der Waals surface area contributed by atoms with Crippen LogP contribution in [0.1, 0.15) is 5.56 Å². The Hall–Kier alpha value is -0.430. The van der Waals surface area contributed by atoms with Crippen LogP contribution in [-0.4, -0.2) is 22.3 Å². The summed E-state index contributed by atoms with van der Waals surface area (Å²) in [7, 11) is 0. The van der Waals surface area contributed by atoms with E-state index in [0.717, 1.165) is 5.56 Å². The van der Waals surface area contributed by atoms with Gasteiger partial charge < -0.3 is 0 Å². The van der Waals surface area contributed by atoms with Crippen LogP contribution < -0.4 is 3.61 Å². The molecule has 0 aromatic heterocycles. The van der Waals surface area contributed by atoms with Crippen molar-refractivity contribution in [3.63, 3.8) is 0 Å². The monoisotopic (exact) mass is 231 g/mol. The van der Waals surface area contributed by atoms with E-state index in [1.165, 1.54) is 3.61 Å². The maximum absolute atomic E-state index is 5.17. The van der Waals surface area contributed by atoms with Gasteiger partial charge in [0.1, 0.15) is 0 Å². The fraction of sp³-hybridized carbons (Fsp3) is 0. The van der Waals surface area contributed by atoms with Crippen LogP contribution in [0.5, 0.6) is 0 Å². The summed E-state index contributed by atoms with van der Waals surface area (Å²) in [5.41, 5.74) is 0.956. The van der Waals surface area contributed by atoms with Gasteiger partial charge in [0.25, 0.3) is 0 Å². The molecule has 0 N–H and O–H groups in total. The van der Waals surface area contributed by atoms with Gasteiger partial charge in [-0.05, 0) is 0 Å². The summed E-state index contributed by atoms with van der Waals surface area (Å²) >= 11 is 1.96. The Morgan fingerprint density at radius 1 is 1.44 bits per heavy atom.